The lowest BCUT2D eigenvalue weighted by molar-refractivity contribution is 0.0296. The number of aliphatic hydroxyl groups is 1. The molecule has 1 saturated carbocycles. The number of allylic oxidation sites excluding steroid dienone is 2. The van der Waals surface area contributed by atoms with Gasteiger partial charge in [-0.2, -0.15) is 0 Å². The molecule has 0 aromatic carbocycles. The number of hydrogen-bond acceptors (Lipinski definition) is 2. The Morgan fingerprint density at radius 2 is 2.14 bits per heavy atom. The number of aliphatic hydroxyl groups excluding tert-OH is 1. The van der Waals surface area contributed by atoms with Crippen LogP contribution in [0, 0.1) is 23.7 Å². The molecule has 0 radical (unpaired) electrons. The van der Waals surface area contributed by atoms with Crippen molar-refractivity contribution in [3.05, 3.63) is 23.8 Å². The molecule has 22 heavy (non-hydrogen) atoms. The van der Waals surface area contributed by atoms with Crippen molar-refractivity contribution in [2.75, 3.05) is 0 Å². The lowest BCUT2D eigenvalue weighted by atomic mass is 9.76. The van der Waals surface area contributed by atoms with E-state index >= 15 is 0 Å². The first-order valence-electron chi connectivity index (χ1n) is 9.01. The summed E-state index contributed by atoms with van der Waals surface area (Å²) in [6, 6.07) is 0. The number of rotatable bonds is 4. The van der Waals surface area contributed by atoms with Gasteiger partial charge in [-0.25, -0.2) is 0 Å². The van der Waals surface area contributed by atoms with Gasteiger partial charge in [0, 0.05) is 5.92 Å². The van der Waals surface area contributed by atoms with Crippen LogP contribution in [0.15, 0.2) is 23.8 Å². The number of fused-ring (bicyclic) bond motifs is 1. The summed E-state index contributed by atoms with van der Waals surface area (Å²) in [4.78, 5) is 0. The molecule has 2 aliphatic carbocycles. The molecule has 2 fully saturated rings. The molecule has 1 heterocycles. The first-order valence-corrected chi connectivity index (χ1v) is 9.01. The fourth-order valence-electron chi connectivity index (χ4n) is 4.80. The van der Waals surface area contributed by atoms with Crippen LogP contribution in [-0.4, -0.2) is 22.9 Å². The maximum Gasteiger partial charge on any atom is 0.0892 e. The van der Waals surface area contributed by atoms with Crippen molar-refractivity contribution in [1.29, 1.82) is 0 Å². The van der Waals surface area contributed by atoms with E-state index in [0.717, 1.165) is 32.1 Å². The van der Waals surface area contributed by atoms with Crippen LogP contribution in [0.4, 0.5) is 0 Å². The van der Waals surface area contributed by atoms with E-state index in [9.17, 15) is 5.11 Å². The van der Waals surface area contributed by atoms with E-state index in [4.69, 9.17) is 4.74 Å². The summed E-state index contributed by atoms with van der Waals surface area (Å²) in [5.74, 6) is 1.75. The minimum atomic E-state index is -0.203. The molecule has 0 unspecified atom stereocenters. The summed E-state index contributed by atoms with van der Waals surface area (Å²) in [6.45, 7) is 13.2. The second kappa shape index (κ2) is 5.79. The second-order valence-electron chi connectivity index (χ2n) is 8.43. The molecule has 3 rings (SSSR count). The van der Waals surface area contributed by atoms with Crippen LogP contribution < -0.4 is 0 Å². The molecule has 1 aliphatic heterocycles. The topological polar surface area (TPSA) is 32.8 Å². The minimum absolute atomic E-state index is 0.0892. The van der Waals surface area contributed by atoms with Gasteiger partial charge in [-0.05, 0) is 70.6 Å². The van der Waals surface area contributed by atoms with Crippen molar-refractivity contribution in [2.45, 2.75) is 77.6 Å². The van der Waals surface area contributed by atoms with E-state index in [-0.39, 0.29) is 11.7 Å². The summed E-state index contributed by atoms with van der Waals surface area (Å²) in [5, 5.41) is 11.0. The molecule has 0 aromatic rings. The Labute approximate surface area is 135 Å². The van der Waals surface area contributed by atoms with Crippen LogP contribution in [0.1, 0.15) is 59.8 Å². The highest BCUT2D eigenvalue weighted by atomic mass is 16.6. The molecule has 6 atom stereocenters. The summed E-state index contributed by atoms with van der Waals surface area (Å²) in [6.07, 6.45) is 8.08. The van der Waals surface area contributed by atoms with Gasteiger partial charge in [-0.3, -0.25) is 0 Å². The van der Waals surface area contributed by atoms with Crippen LogP contribution >= 0.6 is 0 Å². The van der Waals surface area contributed by atoms with Crippen LogP contribution in [0.3, 0.4) is 0 Å². The molecule has 0 amide bonds. The molecule has 3 aliphatic rings. The third-order valence-electron chi connectivity index (χ3n) is 6.56. The first-order chi connectivity index (χ1) is 10.3. The Morgan fingerprint density at radius 3 is 2.77 bits per heavy atom. The normalized spacial score (nSPS) is 41.6. The monoisotopic (exact) mass is 304 g/mol. The van der Waals surface area contributed by atoms with Gasteiger partial charge < -0.3 is 9.84 Å². The molecule has 1 N–H and O–H groups in total. The average Bonchev–Trinajstić information content (AvgIpc) is 2.91. The van der Waals surface area contributed by atoms with Crippen molar-refractivity contribution in [3.8, 4) is 0 Å². The summed E-state index contributed by atoms with van der Waals surface area (Å²) in [7, 11) is 0. The first kappa shape index (κ1) is 16.3. The van der Waals surface area contributed by atoms with Gasteiger partial charge in [0.25, 0.3) is 0 Å². The minimum Gasteiger partial charge on any atom is -0.392 e. The Bertz CT molecular complexity index is 476. The summed E-state index contributed by atoms with van der Waals surface area (Å²) < 4.78 is 5.71. The van der Waals surface area contributed by atoms with Crippen LogP contribution in [0.25, 0.3) is 0 Å². The Hall–Kier alpha value is -0.600. The van der Waals surface area contributed by atoms with E-state index in [1.807, 2.05) is 0 Å². The highest BCUT2D eigenvalue weighted by Gasteiger charge is 2.48. The Kier molecular flexibility index (Phi) is 4.28. The third kappa shape index (κ3) is 2.92. The van der Waals surface area contributed by atoms with E-state index in [1.165, 1.54) is 11.1 Å². The van der Waals surface area contributed by atoms with Gasteiger partial charge in [0.1, 0.15) is 0 Å². The van der Waals surface area contributed by atoms with E-state index < -0.39 is 0 Å². The van der Waals surface area contributed by atoms with E-state index in [2.05, 4.69) is 40.3 Å². The molecule has 2 nitrogen and oxygen atoms in total. The number of hydrogen-bond donors (Lipinski definition) is 1. The van der Waals surface area contributed by atoms with E-state index in [0.29, 0.717) is 29.8 Å². The predicted octanol–water partition coefficient (Wildman–Crippen LogP) is 4.49. The molecule has 0 bridgehead atoms. The van der Waals surface area contributed by atoms with Crippen molar-refractivity contribution in [3.63, 3.8) is 0 Å². The maximum absolute atomic E-state index is 11.0. The van der Waals surface area contributed by atoms with Gasteiger partial charge in [0.05, 0.1) is 17.8 Å². The third-order valence-corrected chi connectivity index (χ3v) is 6.56. The van der Waals surface area contributed by atoms with Crippen molar-refractivity contribution < 1.29 is 9.84 Å². The standard InChI is InChI=1S/C20H32O2/c1-12-6-10-16(13(2)8-11-17-20(4,5)22-17)19(21)18-14(3)7-9-15(12)18/h7,13,15-19,21H,1,6,8-11H2,2-5H3/t13-,15+,16+,17-,18-,19-/m1/s1. The molecular formula is C20H32O2. The fourth-order valence-corrected chi connectivity index (χ4v) is 4.80. The molecule has 2 heteroatoms. The highest BCUT2D eigenvalue weighted by molar-refractivity contribution is 5.24. The molecular weight excluding hydrogens is 272 g/mol. The van der Waals surface area contributed by atoms with Gasteiger partial charge in [0.2, 0.25) is 0 Å². The molecule has 124 valence electrons. The van der Waals surface area contributed by atoms with Gasteiger partial charge >= 0.3 is 0 Å². The average molecular weight is 304 g/mol. The van der Waals surface area contributed by atoms with Crippen LogP contribution in [-0.2, 0) is 4.74 Å². The Balaban J connectivity index is 1.64. The van der Waals surface area contributed by atoms with Gasteiger partial charge in [-0.1, -0.05) is 30.7 Å². The van der Waals surface area contributed by atoms with Crippen molar-refractivity contribution in [2.24, 2.45) is 23.7 Å². The summed E-state index contributed by atoms with van der Waals surface area (Å²) >= 11 is 0. The Morgan fingerprint density at radius 1 is 1.45 bits per heavy atom. The highest BCUT2D eigenvalue weighted by Crippen LogP contribution is 2.47. The van der Waals surface area contributed by atoms with Crippen LogP contribution in [0.2, 0.25) is 0 Å². The zero-order valence-electron chi connectivity index (χ0n) is 14.6. The summed E-state index contributed by atoms with van der Waals surface area (Å²) in [5.41, 5.74) is 2.83. The van der Waals surface area contributed by atoms with Crippen molar-refractivity contribution >= 4 is 0 Å². The lowest BCUT2D eigenvalue weighted by Gasteiger charge is -2.32. The maximum atomic E-state index is 11.0. The van der Waals surface area contributed by atoms with Crippen LogP contribution in [0.5, 0.6) is 0 Å². The predicted molar refractivity (Wildman–Crippen MR) is 90.6 cm³/mol. The zero-order valence-corrected chi connectivity index (χ0v) is 14.6. The zero-order chi connectivity index (χ0) is 16.1. The van der Waals surface area contributed by atoms with Crippen molar-refractivity contribution in [1.82, 2.24) is 0 Å². The van der Waals surface area contributed by atoms with Gasteiger partial charge in [0.15, 0.2) is 0 Å². The smallest absolute Gasteiger partial charge is 0.0892 e. The molecule has 0 spiro atoms. The lowest BCUT2D eigenvalue weighted by Crippen LogP contribution is -2.34. The molecule has 1 saturated heterocycles. The fraction of sp³-hybridized carbons (Fsp3) is 0.800. The SMILES string of the molecule is C=C1CC[C@@H]([C@H](C)CC[C@H]2OC2(C)C)[C@@H](O)[C@@H]2C(C)=CC[C@@H]12. The quantitative estimate of drug-likeness (QED) is 0.613. The second-order valence-corrected chi connectivity index (χ2v) is 8.43. The largest absolute Gasteiger partial charge is 0.392 e. The molecule has 0 aromatic heterocycles. The number of epoxide rings is 1. The number of ether oxygens (including phenoxy) is 1. The van der Waals surface area contributed by atoms with E-state index in [1.54, 1.807) is 0 Å². The van der Waals surface area contributed by atoms with Gasteiger partial charge in [-0.15, -0.1) is 0 Å².